The second kappa shape index (κ2) is 3.54. The molecule has 0 aliphatic carbocycles. The minimum Gasteiger partial charge on any atom is -0.286 e. The molecule has 0 unspecified atom stereocenters. The van der Waals surface area contributed by atoms with E-state index in [4.69, 9.17) is 5.26 Å². The van der Waals surface area contributed by atoms with Crippen molar-refractivity contribution in [1.29, 1.82) is 5.26 Å². The summed E-state index contributed by atoms with van der Waals surface area (Å²) in [5, 5.41) is 13.3. The van der Waals surface area contributed by atoms with Gasteiger partial charge in [-0.15, -0.1) is 0 Å². The smallest absolute Gasteiger partial charge is 0.226 e. The van der Waals surface area contributed by atoms with Crippen LogP contribution in [0.5, 0.6) is 0 Å². The molecule has 2 rings (SSSR count). The first-order chi connectivity index (χ1) is 7.27. The number of nitriles is 1. The maximum atomic E-state index is 11.7. The predicted molar refractivity (Wildman–Crippen MR) is 56.4 cm³/mol. The topological polar surface area (TPSA) is 58.7 Å². The first-order valence-electron chi connectivity index (χ1n) is 4.68. The van der Waals surface area contributed by atoms with Gasteiger partial charge in [-0.05, 0) is 19.1 Å². The molecule has 0 fully saturated rings. The maximum absolute atomic E-state index is 11.7. The highest BCUT2D eigenvalue weighted by Gasteiger charge is 2.08. The van der Waals surface area contributed by atoms with Crippen LogP contribution in [-0.4, -0.2) is 9.78 Å². The monoisotopic (exact) mass is 199 g/mol. The Morgan fingerprint density at radius 2 is 2.20 bits per heavy atom. The molecule has 4 nitrogen and oxygen atoms in total. The van der Waals surface area contributed by atoms with Crippen molar-refractivity contribution in [3.05, 3.63) is 40.2 Å². The highest BCUT2D eigenvalue weighted by Crippen LogP contribution is 2.08. The normalized spacial score (nSPS) is 10.1. The van der Waals surface area contributed by atoms with Gasteiger partial charge in [0.1, 0.15) is 6.07 Å². The number of fused-ring (bicyclic) bond motifs is 1. The summed E-state index contributed by atoms with van der Waals surface area (Å²) in [6.45, 7) is 2.56. The van der Waals surface area contributed by atoms with Crippen molar-refractivity contribution in [2.45, 2.75) is 13.5 Å². The first-order valence-corrected chi connectivity index (χ1v) is 4.68. The maximum Gasteiger partial charge on any atom is 0.226 e. The molecule has 0 N–H and O–H groups in total. The number of benzene rings is 1. The van der Waals surface area contributed by atoms with E-state index in [0.29, 0.717) is 11.9 Å². The summed E-state index contributed by atoms with van der Waals surface area (Å²) >= 11 is 0. The fourth-order valence-corrected chi connectivity index (χ4v) is 1.55. The van der Waals surface area contributed by atoms with Gasteiger partial charge in [0.25, 0.3) is 0 Å². The Morgan fingerprint density at radius 3 is 2.87 bits per heavy atom. The molecular formula is C11H9N3O. The second-order valence-corrected chi connectivity index (χ2v) is 3.12. The number of para-hydroxylation sites is 1. The van der Waals surface area contributed by atoms with Gasteiger partial charge in [0.05, 0.1) is 10.9 Å². The number of aryl methyl sites for hydroxylation is 1. The number of rotatable bonds is 1. The van der Waals surface area contributed by atoms with Crippen molar-refractivity contribution in [3.8, 4) is 6.07 Å². The Hall–Kier alpha value is -2.15. The zero-order chi connectivity index (χ0) is 10.8. The molecule has 0 saturated carbocycles. The summed E-state index contributed by atoms with van der Waals surface area (Å²) in [4.78, 5) is 11.7. The van der Waals surface area contributed by atoms with Gasteiger partial charge < -0.3 is 0 Å². The molecular weight excluding hydrogens is 190 g/mol. The Kier molecular flexibility index (Phi) is 2.22. The van der Waals surface area contributed by atoms with E-state index >= 15 is 0 Å². The van der Waals surface area contributed by atoms with Crippen molar-refractivity contribution < 1.29 is 0 Å². The van der Waals surface area contributed by atoms with Crippen LogP contribution in [0.3, 0.4) is 0 Å². The second-order valence-electron chi connectivity index (χ2n) is 3.12. The lowest BCUT2D eigenvalue weighted by atomic mass is 10.2. The summed E-state index contributed by atoms with van der Waals surface area (Å²) in [6, 6.07) is 8.99. The molecule has 2 aromatic rings. The zero-order valence-corrected chi connectivity index (χ0v) is 8.27. The Labute approximate surface area is 86.4 Å². The van der Waals surface area contributed by atoms with Crippen LogP contribution in [0.25, 0.3) is 10.9 Å². The van der Waals surface area contributed by atoms with E-state index in [9.17, 15) is 4.79 Å². The van der Waals surface area contributed by atoms with Crippen molar-refractivity contribution in [3.63, 3.8) is 0 Å². The largest absolute Gasteiger partial charge is 0.286 e. The van der Waals surface area contributed by atoms with Crippen LogP contribution in [0.1, 0.15) is 12.6 Å². The van der Waals surface area contributed by atoms with Gasteiger partial charge >= 0.3 is 0 Å². The summed E-state index contributed by atoms with van der Waals surface area (Å²) in [5.41, 5.74) is 0.428. The zero-order valence-electron chi connectivity index (χ0n) is 8.27. The van der Waals surface area contributed by atoms with Crippen LogP contribution >= 0.6 is 0 Å². The number of hydrogen-bond donors (Lipinski definition) is 0. The minimum atomic E-state index is -0.294. The van der Waals surface area contributed by atoms with Crippen molar-refractivity contribution >= 4 is 10.9 Å². The molecule has 1 aromatic heterocycles. The number of nitrogens with zero attached hydrogens (tertiary/aromatic N) is 3. The van der Waals surface area contributed by atoms with Crippen molar-refractivity contribution in [2.75, 3.05) is 0 Å². The molecule has 0 bridgehead atoms. The lowest BCUT2D eigenvalue weighted by Crippen LogP contribution is -2.16. The number of hydrogen-bond acceptors (Lipinski definition) is 3. The van der Waals surface area contributed by atoms with Gasteiger partial charge in [-0.3, -0.25) is 9.48 Å². The molecule has 0 aliphatic rings. The van der Waals surface area contributed by atoms with Gasteiger partial charge in [-0.2, -0.15) is 10.4 Å². The predicted octanol–water partition coefficient (Wildman–Crippen LogP) is 1.29. The third-order valence-electron chi connectivity index (χ3n) is 2.27. The molecule has 1 heterocycles. The van der Waals surface area contributed by atoms with Crippen LogP contribution in [-0.2, 0) is 6.54 Å². The van der Waals surface area contributed by atoms with E-state index in [1.807, 2.05) is 25.1 Å². The van der Waals surface area contributed by atoms with Crippen LogP contribution < -0.4 is 5.43 Å². The Bertz CT molecular complexity index is 607. The number of aromatic nitrogens is 2. The Morgan fingerprint density at radius 1 is 1.47 bits per heavy atom. The quantitative estimate of drug-likeness (QED) is 0.695. The molecule has 0 amide bonds. The van der Waals surface area contributed by atoms with E-state index < -0.39 is 0 Å². The van der Waals surface area contributed by atoms with Gasteiger partial charge in [-0.25, -0.2) is 0 Å². The van der Waals surface area contributed by atoms with Crippen LogP contribution in [0.2, 0.25) is 0 Å². The first kappa shape index (κ1) is 9.41. The van der Waals surface area contributed by atoms with Crippen LogP contribution in [0.15, 0.2) is 29.1 Å². The summed E-state index contributed by atoms with van der Waals surface area (Å²) < 4.78 is 1.66. The fourth-order valence-electron chi connectivity index (χ4n) is 1.55. The van der Waals surface area contributed by atoms with E-state index in [-0.39, 0.29) is 11.1 Å². The summed E-state index contributed by atoms with van der Waals surface area (Å²) in [5.74, 6) is 0. The average Bonchev–Trinajstić information content (AvgIpc) is 2.30. The molecule has 15 heavy (non-hydrogen) atoms. The summed E-state index contributed by atoms with van der Waals surface area (Å²) in [6.07, 6.45) is 0. The van der Waals surface area contributed by atoms with Crippen molar-refractivity contribution in [2.24, 2.45) is 0 Å². The van der Waals surface area contributed by atoms with E-state index in [1.54, 1.807) is 16.8 Å². The Balaban J connectivity index is 2.98. The standard InChI is InChI=1S/C11H9N3O/c1-2-14-10-6-4-3-5-8(10)11(15)9(7-12)13-14/h3-6H,2H2,1H3. The van der Waals surface area contributed by atoms with Crippen LogP contribution in [0, 0.1) is 11.3 Å². The molecule has 4 heteroatoms. The highest BCUT2D eigenvalue weighted by atomic mass is 16.1. The summed E-state index contributed by atoms with van der Waals surface area (Å²) in [7, 11) is 0. The van der Waals surface area contributed by atoms with Gasteiger partial charge in [0, 0.05) is 6.54 Å². The molecule has 0 radical (unpaired) electrons. The van der Waals surface area contributed by atoms with E-state index in [1.165, 1.54) is 0 Å². The molecule has 1 aromatic carbocycles. The lowest BCUT2D eigenvalue weighted by Gasteiger charge is -2.06. The van der Waals surface area contributed by atoms with Gasteiger partial charge in [0.15, 0.2) is 0 Å². The highest BCUT2D eigenvalue weighted by molar-refractivity contribution is 5.79. The SMILES string of the molecule is CCn1nc(C#N)c(=O)c2ccccc21. The van der Waals surface area contributed by atoms with E-state index in [0.717, 1.165) is 5.52 Å². The van der Waals surface area contributed by atoms with Gasteiger partial charge in [-0.1, -0.05) is 12.1 Å². The molecule has 74 valence electrons. The lowest BCUT2D eigenvalue weighted by molar-refractivity contribution is 0.663. The third kappa shape index (κ3) is 1.38. The molecule has 0 aliphatic heterocycles. The van der Waals surface area contributed by atoms with Crippen molar-refractivity contribution in [1.82, 2.24) is 9.78 Å². The van der Waals surface area contributed by atoms with E-state index in [2.05, 4.69) is 5.10 Å². The molecule has 0 atom stereocenters. The minimum absolute atomic E-state index is 0.0458. The van der Waals surface area contributed by atoms with Gasteiger partial charge in [0.2, 0.25) is 11.1 Å². The third-order valence-corrected chi connectivity index (χ3v) is 2.27. The average molecular weight is 199 g/mol. The molecule has 0 saturated heterocycles. The molecule has 0 spiro atoms. The van der Waals surface area contributed by atoms with Crippen LogP contribution in [0.4, 0.5) is 0 Å². The fraction of sp³-hybridized carbons (Fsp3) is 0.182.